The summed E-state index contributed by atoms with van der Waals surface area (Å²) in [5, 5.41) is 11.7. The van der Waals surface area contributed by atoms with E-state index in [1.54, 1.807) is 19.2 Å². The van der Waals surface area contributed by atoms with Crippen LogP contribution in [0.25, 0.3) is 11.2 Å². The molecule has 0 unspecified atom stereocenters. The number of aromatic amines is 1. The molecule has 0 aliphatic heterocycles. The molecule has 2 aromatic carbocycles. The number of carboxylic acid groups (broad SMARTS) is 1. The van der Waals surface area contributed by atoms with Crippen molar-refractivity contribution >= 4 is 28.5 Å². The Morgan fingerprint density at radius 2 is 1.76 bits per heavy atom. The number of alkyl halides is 3. The zero-order chi connectivity index (χ0) is 24.3. The molecule has 2 heterocycles. The van der Waals surface area contributed by atoms with E-state index in [9.17, 15) is 27.6 Å². The summed E-state index contributed by atoms with van der Waals surface area (Å²) in [7, 11) is 3.01. The summed E-state index contributed by atoms with van der Waals surface area (Å²) in [6.45, 7) is 0. The van der Waals surface area contributed by atoms with E-state index in [0.29, 0.717) is 11.2 Å². The highest BCUT2D eigenvalue weighted by atomic mass is 19.4. The van der Waals surface area contributed by atoms with Crippen LogP contribution in [0.5, 0.6) is 0 Å². The minimum Gasteiger partial charge on any atom is -0.478 e. The maximum absolute atomic E-state index is 12.6. The Hall–Kier alpha value is -4.35. The summed E-state index contributed by atoms with van der Waals surface area (Å²) in [4.78, 5) is 40.4. The molecule has 4 rings (SSSR count). The van der Waals surface area contributed by atoms with Crippen molar-refractivity contribution in [1.82, 2.24) is 19.1 Å². The molecule has 172 valence electrons. The molecule has 3 N–H and O–H groups in total. The number of fused-ring (bicyclic) bond motifs is 1. The van der Waals surface area contributed by atoms with E-state index in [-0.39, 0.29) is 28.2 Å². The van der Waals surface area contributed by atoms with Gasteiger partial charge in [0.25, 0.3) is 5.56 Å². The number of carboxylic acids is 1. The lowest BCUT2D eigenvalue weighted by molar-refractivity contribution is -0.137. The third-order valence-corrected chi connectivity index (χ3v) is 4.66. The molecule has 0 radical (unpaired) electrons. The fourth-order valence-electron chi connectivity index (χ4n) is 2.98. The van der Waals surface area contributed by atoms with Crippen molar-refractivity contribution in [2.24, 2.45) is 14.1 Å². The summed E-state index contributed by atoms with van der Waals surface area (Å²) in [6.07, 6.45) is -3.05. The van der Waals surface area contributed by atoms with Gasteiger partial charge < -0.3 is 15.4 Å². The summed E-state index contributed by atoms with van der Waals surface area (Å²) in [6, 6.07) is 10.6. The van der Waals surface area contributed by atoms with Gasteiger partial charge in [0.1, 0.15) is 5.52 Å². The van der Waals surface area contributed by atoms with Gasteiger partial charge in [-0.25, -0.2) is 14.6 Å². The molecule has 0 saturated carbocycles. The highest BCUT2D eigenvalue weighted by Gasteiger charge is 2.30. The average molecular weight is 461 g/mol. The molecule has 12 heteroatoms. The predicted octanol–water partition coefficient (Wildman–Crippen LogP) is 3.11. The molecular weight excluding hydrogens is 443 g/mol. The van der Waals surface area contributed by atoms with Gasteiger partial charge in [0, 0.05) is 19.8 Å². The Morgan fingerprint density at radius 1 is 1.06 bits per heavy atom. The quantitative estimate of drug-likeness (QED) is 0.431. The topological polar surface area (TPSA) is 122 Å². The number of aromatic nitrogens is 4. The van der Waals surface area contributed by atoms with Gasteiger partial charge in [-0.2, -0.15) is 13.2 Å². The zero-order valence-electron chi connectivity index (χ0n) is 17.3. The summed E-state index contributed by atoms with van der Waals surface area (Å²) in [5.41, 5.74) is -0.383. The molecule has 0 aliphatic carbocycles. The van der Waals surface area contributed by atoms with Crippen LogP contribution in [0.1, 0.15) is 15.9 Å². The number of nitrogens with one attached hydrogen (secondary N) is 2. The molecule has 0 amide bonds. The fraction of sp³-hybridized carbons (Fsp3) is 0.143. The number of hydrogen-bond acceptors (Lipinski definition) is 5. The van der Waals surface area contributed by atoms with E-state index in [4.69, 9.17) is 5.11 Å². The number of rotatable bonds is 3. The summed E-state index contributed by atoms with van der Waals surface area (Å²) >= 11 is 0. The first kappa shape index (κ1) is 23.3. The third kappa shape index (κ3) is 4.95. The SMILES string of the molecule is Cn1c(=O)c2[nH]cnc2n(C)c1=O.O=C(O)c1ccccc1Nc1cccc(C(F)(F)F)c1. The van der Waals surface area contributed by atoms with Crippen LogP contribution in [0.4, 0.5) is 24.5 Å². The lowest BCUT2D eigenvalue weighted by Gasteiger charge is -2.12. The van der Waals surface area contributed by atoms with Crippen LogP contribution in [0.15, 0.2) is 64.4 Å². The first-order chi connectivity index (χ1) is 15.5. The van der Waals surface area contributed by atoms with Gasteiger partial charge in [0.2, 0.25) is 0 Å². The number of nitrogens with zero attached hydrogens (tertiary/aromatic N) is 3. The minimum absolute atomic E-state index is 0.00934. The maximum Gasteiger partial charge on any atom is 0.416 e. The Labute approximate surface area is 183 Å². The number of halogens is 3. The molecule has 0 fully saturated rings. The molecule has 2 aromatic heterocycles. The fourth-order valence-corrected chi connectivity index (χ4v) is 2.98. The number of aryl methyl sites for hydroxylation is 1. The lowest BCUT2D eigenvalue weighted by Crippen LogP contribution is -2.36. The van der Waals surface area contributed by atoms with E-state index in [2.05, 4.69) is 15.3 Å². The minimum atomic E-state index is -4.44. The van der Waals surface area contributed by atoms with Crippen LogP contribution >= 0.6 is 0 Å². The predicted molar refractivity (Wildman–Crippen MR) is 115 cm³/mol. The van der Waals surface area contributed by atoms with Gasteiger partial charge >= 0.3 is 17.8 Å². The maximum atomic E-state index is 12.6. The van der Waals surface area contributed by atoms with Crippen molar-refractivity contribution in [3.8, 4) is 0 Å². The number of imidazole rings is 1. The highest BCUT2D eigenvalue weighted by molar-refractivity contribution is 5.95. The number of aromatic carboxylic acids is 1. The van der Waals surface area contributed by atoms with E-state index in [0.717, 1.165) is 16.7 Å². The molecule has 0 bridgehead atoms. The van der Waals surface area contributed by atoms with E-state index in [1.165, 1.54) is 42.2 Å². The Morgan fingerprint density at radius 3 is 2.42 bits per heavy atom. The largest absolute Gasteiger partial charge is 0.478 e. The number of carbonyl (C=O) groups is 1. The molecule has 33 heavy (non-hydrogen) atoms. The van der Waals surface area contributed by atoms with Crippen LogP contribution in [0.3, 0.4) is 0 Å². The highest BCUT2D eigenvalue weighted by Crippen LogP contribution is 2.31. The second kappa shape index (κ2) is 9.02. The van der Waals surface area contributed by atoms with Gasteiger partial charge in [-0.05, 0) is 30.3 Å². The first-order valence-corrected chi connectivity index (χ1v) is 9.36. The van der Waals surface area contributed by atoms with Crippen LogP contribution < -0.4 is 16.6 Å². The number of benzene rings is 2. The van der Waals surface area contributed by atoms with Crippen molar-refractivity contribution in [2.45, 2.75) is 6.18 Å². The van der Waals surface area contributed by atoms with Gasteiger partial charge in [0.05, 0.1) is 23.1 Å². The normalized spacial score (nSPS) is 11.1. The van der Waals surface area contributed by atoms with Gasteiger partial charge in [-0.3, -0.25) is 13.9 Å². The lowest BCUT2D eigenvalue weighted by atomic mass is 10.1. The average Bonchev–Trinajstić information content (AvgIpc) is 3.27. The van der Waals surface area contributed by atoms with Crippen LogP contribution in [0, 0.1) is 0 Å². The Balaban J connectivity index is 0.000000203. The Bertz CT molecular complexity index is 1440. The third-order valence-electron chi connectivity index (χ3n) is 4.66. The van der Waals surface area contributed by atoms with Crippen molar-refractivity contribution in [3.63, 3.8) is 0 Å². The number of para-hydroxylation sites is 1. The zero-order valence-corrected chi connectivity index (χ0v) is 17.3. The second-order valence-electron chi connectivity index (χ2n) is 6.86. The number of H-pyrrole nitrogens is 1. The molecule has 9 nitrogen and oxygen atoms in total. The van der Waals surface area contributed by atoms with Gasteiger partial charge in [-0.15, -0.1) is 0 Å². The second-order valence-corrected chi connectivity index (χ2v) is 6.86. The van der Waals surface area contributed by atoms with Crippen LogP contribution in [0.2, 0.25) is 0 Å². The molecular formula is C21H18F3N5O4. The first-order valence-electron chi connectivity index (χ1n) is 9.36. The Kier molecular flexibility index (Phi) is 6.38. The van der Waals surface area contributed by atoms with Crippen molar-refractivity contribution in [3.05, 3.63) is 86.8 Å². The van der Waals surface area contributed by atoms with Crippen LogP contribution in [-0.2, 0) is 20.3 Å². The van der Waals surface area contributed by atoms with Crippen molar-refractivity contribution in [2.75, 3.05) is 5.32 Å². The van der Waals surface area contributed by atoms with E-state index < -0.39 is 17.7 Å². The molecule has 0 saturated heterocycles. The number of hydrogen-bond donors (Lipinski definition) is 3. The van der Waals surface area contributed by atoms with E-state index >= 15 is 0 Å². The standard InChI is InChI=1S/C14H10F3NO2.C7H8N4O2/c15-14(16,17)9-4-3-5-10(8-9)18-12-7-2-1-6-11(12)13(19)20;1-10-5-4(8-3-9-5)6(12)11(2)7(10)13/h1-8,18H,(H,19,20);3H,1-2H3,(H,8,9). The monoisotopic (exact) mass is 461 g/mol. The van der Waals surface area contributed by atoms with Crippen molar-refractivity contribution < 1.29 is 23.1 Å². The summed E-state index contributed by atoms with van der Waals surface area (Å²) in [5.74, 6) is -1.15. The van der Waals surface area contributed by atoms with Crippen molar-refractivity contribution in [1.29, 1.82) is 0 Å². The molecule has 0 atom stereocenters. The smallest absolute Gasteiger partial charge is 0.416 e. The number of anilines is 2. The van der Waals surface area contributed by atoms with Crippen LogP contribution in [-0.4, -0.2) is 30.2 Å². The molecule has 0 aliphatic rings. The molecule has 4 aromatic rings. The van der Waals surface area contributed by atoms with Gasteiger partial charge in [0.15, 0.2) is 5.65 Å². The van der Waals surface area contributed by atoms with E-state index in [1.807, 2.05) is 0 Å². The molecule has 0 spiro atoms. The van der Waals surface area contributed by atoms with Gasteiger partial charge in [-0.1, -0.05) is 18.2 Å². The summed E-state index contributed by atoms with van der Waals surface area (Å²) < 4.78 is 40.1.